The van der Waals surface area contributed by atoms with E-state index in [-0.39, 0.29) is 10.8 Å². The summed E-state index contributed by atoms with van der Waals surface area (Å²) in [6, 6.07) is 6.18. The third kappa shape index (κ3) is 2.55. The highest BCUT2D eigenvalue weighted by Gasteiger charge is 2.34. The van der Waals surface area contributed by atoms with E-state index in [1.54, 1.807) is 6.07 Å². The van der Waals surface area contributed by atoms with Gasteiger partial charge in [-0.3, -0.25) is 4.90 Å². The summed E-state index contributed by atoms with van der Waals surface area (Å²) < 4.78 is 13.3. The van der Waals surface area contributed by atoms with Crippen molar-refractivity contribution in [2.24, 2.45) is 0 Å². The van der Waals surface area contributed by atoms with E-state index in [2.05, 4.69) is 10.2 Å². The largest absolute Gasteiger partial charge is 0.381 e. The van der Waals surface area contributed by atoms with E-state index in [4.69, 9.17) is 11.6 Å². The first-order valence-electron chi connectivity index (χ1n) is 6.18. The Bertz CT molecular complexity index is 420. The van der Waals surface area contributed by atoms with Crippen LogP contribution in [0.5, 0.6) is 0 Å². The number of benzene rings is 1. The van der Waals surface area contributed by atoms with Crippen LogP contribution >= 0.6 is 11.6 Å². The van der Waals surface area contributed by atoms with E-state index >= 15 is 0 Å². The lowest BCUT2D eigenvalue weighted by Crippen LogP contribution is -2.27. The lowest BCUT2D eigenvalue weighted by atomic mass is 10.2. The van der Waals surface area contributed by atoms with Crippen molar-refractivity contribution in [2.45, 2.75) is 31.3 Å². The Morgan fingerprint density at radius 2 is 2.12 bits per heavy atom. The molecular weight excluding hydrogens is 239 g/mol. The number of rotatable bonds is 3. The quantitative estimate of drug-likeness (QED) is 0.892. The first-order valence-corrected chi connectivity index (χ1v) is 6.56. The third-order valence-electron chi connectivity index (χ3n) is 3.57. The number of halogens is 2. The van der Waals surface area contributed by atoms with Crippen molar-refractivity contribution in [3.05, 3.63) is 29.0 Å². The van der Waals surface area contributed by atoms with Crippen LogP contribution in [0.3, 0.4) is 0 Å². The van der Waals surface area contributed by atoms with Crippen molar-refractivity contribution < 1.29 is 4.39 Å². The molecule has 0 radical (unpaired) electrons. The van der Waals surface area contributed by atoms with Crippen LogP contribution in [-0.4, -0.2) is 30.1 Å². The number of likely N-dealkylation sites (tertiary alicyclic amines) is 1. The molecular formula is C13H16ClFN2. The van der Waals surface area contributed by atoms with E-state index in [9.17, 15) is 4.39 Å². The van der Waals surface area contributed by atoms with Crippen molar-refractivity contribution in [2.75, 3.05) is 18.4 Å². The second-order valence-electron chi connectivity index (χ2n) is 4.98. The van der Waals surface area contributed by atoms with Crippen LogP contribution in [0.2, 0.25) is 5.02 Å². The molecule has 1 atom stereocenters. The average molecular weight is 255 g/mol. The van der Waals surface area contributed by atoms with Gasteiger partial charge in [0.1, 0.15) is 5.82 Å². The van der Waals surface area contributed by atoms with Crippen LogP contribution in [-0.2, 0) is 0 Å². The monoisotopic (exact) mass is 254 g/mol. The molecule has 1 heterocycles. The van der Waals surface area contributed by atoms with E-state index in [1.165, 1.54) is 25.5 Å². The summed E-state index contributed by atoms with van der Waals surface area (Å²) in [5.74, 6) is -0.353. The summed E-state index contributed by atoms with van der Waals surface area (Å²) in [6.45, 7) is 2.24. The molecule has 2 nitrogen and oxygen atoms in total. The lowest BCUT2D eigenvalue weighted by Gasteiger charge is -2.16. The summed E-state index contributed by atoms with van der Waals surface area (Å²) in [5, 5.41) is 3.56. The van der Waals surface area contributed by atoms with Gasteiger partial charge in [-0.25, -0.2) is 4.39 Å². The van der Waals surface area contributed by atoms with Crippen LogP contribution in [0.1, 0.15) is 19.3 Å². The van der Waals surface area contributed by atoms with Gasteiger partial charge in [0.25, 0.3) is 0 Å². The SMILES string of the molecule is Fc1cc(NC2CCN(C3CC3)C2)ccc1Cl. The van der Waals surface area contributed by atoms with Gasteiger partial charge >= 0.3 is 0 Å². The highest BCUT2D eigenvalue weighted by molar-refractivity contribution is 6.30. The van der Waals surface area contributed by atoms with Gasteiger partial charge in [-0.15, -0.1) is 0 Å². The molecule has 2 aliphatic rings. The maximum absolute atomic E-state index is 13.3. The molecule has 3 rings (SSSR count). The highest BCUT2D eigenvalue weighted by atomic mass is 35.5. The second kappa shape index (κ2) is 4.46. The normalized spacial score (nSPS) is 25.2. The van der Waals surface area contributed by atoms with Gasteiger partial charge in [-0.05, 0) is 37.5 Å². The second-order valence-corrected chi connectivity index (χ2v) is 5.39. The summed E-state index contributed by atoms with van der Waals surface area (Å²) in [4.78, 5) is 2.53. The van der Waals surface area contributed by atoms with Crippen LogP contribution in [0, 0.1) is 5.82 Å². The fourth-order valence-corrected chi connectivity index (χ4v) is 2.62. The van der Waals surface area contributed by atoms with E-state index < -0.39 is 0 Å². The van der Waals surface area contributed by atoms with Gasteiger partial charge in [0, 0.05) is 30.9 Å². The van der Waals surface area contributed by atoms with Crippen molar-refractivity contribution in [1.29, 1.82) is 0 Å². The Balaban J connectivity index is 1.61. The minimum Gasteiger partial charge on any atom is -0.381 e. The minimum atomic E-state index is -0.353. The zero-order valence-corrected chi connectivity index (χ0v) is 10.4. The summed E-state index contributed by atoms with van der Waals surface area (Å²) in [6.07, 6.45) is 3.84. The molecule has 1 N–H and O–H groups in total. The molecule has 1 aromatic carbocycles. The van der Waals surface area contributed by atoms with Crippen LogP contribution in [0.15, 0.2) is 18.2 Å². The number of anilines is 1. The Kier molecular flexibility index (Phi) is 2.97. The predicted molar refractivity (Wildman–Crippen MR) is 68.0 cm³/mol. The topological polar surface area (TPSA) is 15.3 Å². The van der Waals surface area contributed by atoms with Gasteiger partial charge in [-0.2, -0.15) is 0 Å². The molecule has 4 heteroatoms. The van der Waals surface area contributed by atoms with Crippen molar-refractivity contribution in [3.8, 4) is 0 Å². The molecule has 0 aromatic heterocycles. The Labute approximate surface area is 106 Å². The zero-order valence-electron chi connectivity index (χ0n) is 9.63. The standard InChI is InChI=1S/C13H16ClFN2/c14-12-4-1-9(7-13(12)15)16-10-5-6-17(8-10)11-2-3-11/h1,4,7,10-11,16H,2-3,5-6,8H2. The number of nitrogens with one attached hydrogen (secondary N) is 1. The first kappa shape index (κ1) is 11.3. The molecule has 0 spiro atoms. The molecule has 1 unspecified atom stereocenters. The average Bonchev–Trinajstić information content (AvgIpc) is 3.06. The fraction of sp³-hybridized carbons (Fsp3) is 0.538. The van der Waals surface area contributed by atoms with E-state index in [0.717, 1.165) is 24.7 Å². The summed E-state index contributed by atoms with van der Waals surface area (Å²) in [5.41, 5.74) is 0.828. The fourth-order valence-electron chi connectivity index (χ4n) is 2.50. The maximum Gasteiger partial charge on any atom is 0.143 e. The summed E-state index contributed by atoms with van der Waals surface area (Å²) >= 11 is 5.66. The van der Waals surface area contributed by atoms with Gasteiger partial charge in [0.15, 0.2) is 0 Å². The number of nitrogens with zero attached hydrogens (tertiary/aromatic N) is 1. The Hall–Kier alpha value is -0.800. The predicted octanol–water partition coefficient (Wildman–Crippen LogP) is 3.13. The molecule has 2 fully saturated rings. The Morgan fingerprint density at radius 1 is 1.29 bits per heavy atom. The lowest BCUT2D eigenvalue weighted by molar-refractivity contribution is 0.326. The molecule has 17 heavy (non-hydrogen) atoms. The van der Waals surface area contributed by atoms with Crippen molar-refractivity contribution in [1.82, 2.24) is 4.90 Å². The van der Waals surface area contributed by atoms with Gasteiger partial charge in [0.05, 0.1) is 5.02 Å². The van der Waals surface area contributed by atoms with Crippen LogP contribution in [0.4, 0.5) is 10.1 Å². The number of hydrogen-bond acceptors (Lipinski definition) is 2. The molecule has 92 valence electrons. The molecule has 0 amide bonds. The van der Waals surface area contributed by atoms with Crippen molar-refractivity contribution >= 4 is 17.3 Å². The highest BCUT2D eigenvalue weighted by Crippen LogP contribution is 2.30. The van der Waals surface area contributed by atoms with Gasteiger partial charge < -0.3 is 5.32 Å². The molecule has 1 saturated carbocycles. The molecule has 0 bridgehead atoms. The van der Waals surface area contributed by atoms with Crippen molar-refractivity contribution in [3.63, 3.8) is 0 Å². The summed E-state index contributed by atoms with van der Waals surface area (Å²) in [7, 11) is 0. The maximum atomic E-state index is 13.3. The number of hydrogen-bond donors (Lipinski definition) is 1. The van der Waals surface area contributed by atoms with E-state index in [1.807, 2.05) is 6.07 Å². The molecule has 1 aromatic rings. The van der Waals surface area contributed by atoms with Crippen LogP contribution in [0.25, 0.3) is 0 Å². The first-order chi connectivity index (χ1) is 8.22. The zero-order chi connectivity index (χ0) is 11.8. The third-order valence-corrected chi connectivity index (χ3v) is 3.88. The smallest absolute Gasteiger partial charge is 0.143 e. The molecule has 1 saturated heterocycles. The Morgan fingerprint density at radius 3 is 2.82 bits per heavy atom. The van der Waals surface area contributed by atoms with E-state index in [0.29, 0.717) is 6.04 Å². The molecule has 1 aliphatic heterocycles. The van der Waals surface area contributed by atoms with Gasteiger partial charge in [-0.1, -0.05) is 11.6 Å². The van der Waals surface area contributed by atoms with Crippen LogP contribution < -0.4 is 5.32 Å². The molecule has 1 aliphatic carbocycles. The minimum absolute atomic E-state index is 0.182. The van der Waals surface area contributed by atoms with Gasteiger partial charge in [0.2, 0.25) is 0 Å².